The van der Waals surface area contributed by atoms with Gasteiger partial charge in [-0.1, -0.05) is 257 Å². The molecule has 1 unspecified atom stereocenters. The van der Waals surface area contributed by atoms with Crippen LogP contribution in [-0.2, 0) is 28.6 Å². The maximum Gasteiger partial charge on any atom is 0.306 e. The Morgan fingerprint density at radius 1 is 0.310 bits per heavy atom. The topological polar surface area (TPSA) is 78.9 Å². The van der Waals surface area contributed by atoms with Crippen LogP contribution < -0.4 is 0 Å². The third kappa shape index (κ3) is 56.3. The molecule has 400 valence electrons. The van der Waals surface area contributed by atoms with E-state index in [1.54, 1.807) is 0 Å². The molecule has 0 aromatic carbocycles. The monoisotopic (exact) mass is 981 g/mol. The summed E-state index contributed by atoms with van der Waals surface area (Å²) in [6, 6.07) is 0. The molecule has 0 aromatic rings. The normalized spacial score (nSPS) is 13.1. The number of hydrogen-bond donors (Lipinski definition) is 0. The van der Waals surface area contributed by atoms with Crippen LogP contribution in [0.4, 0.5) is 0 Å². The zero-order valence-electron chi connectivity index (χ0n) is 45.7. The molecule has 0 aliphatic rings. The fourth-order valence-corrected chi connectivity index (χ4v) is 7.48. The molecule has 0 saturated carbocycles. The van der Waals surface area contributed by atoms with Gasteiger partial charge in [0.2, 0.25) is 0 Å². The van der Waals surface area contributed by atoms with Crippen LogP contribution in [0.15, 0.2) is 134 Å². The molecule has 71 heavy (non-hydrogen) atoms. The van der Waals surface area contributed by atoms with Gasteiger partial charge in [0.15, 0.2) is 6.10 Å². The van der Waals surface area contributed by atoms with E-state index in [1.165, 1.54) is 122 Å². The Hall–Kier alpha value is -4.45. The summed E-state index contributed by atoms with van der Waals surface area (Å²) in [5.41, 5.74) is 0. The van der Waals surface area contributed by atoms with Crippen molar-refractivity contribution in [2.24, 2.45) is 0 Å². The van der Waals surface area contributed by atoms with E-state index in [1.807, 2.05) is 60.8 Å². The number of ether oxygens (including phenoxy) is 3. The van der Waals surface area contributed by atoms with Gasteiger partial charge in [0.1, 0.15) is 13.2 Å². The molecular weight excluding hydrogens is 877 g/mol. The minimum absolute atomic E-state index is 0.118. The van der Waals surface area contributed by atoms with Gasteiger partial charge in [-0.15, -0.1) is 0 Å². The highest BCUT2D eigenvalue weighted by atomic mass is 16.6. The summed E-state index contributed by atoms with van der Waals surface area (Å²) < 4.78 is 16.8. The second-order valence-electron chi connectivity index (χ2n) is 18.6. The van der Waals surface area contributed by atoms with Crippen molar-refractivity contribution in [1.29, 1.82) is 0 Å². The van der Waals surface area contributed by atoms with E-state index in [0.717, 1.165) is 64.2 Å². The zero-order valence-corrected chi connectivity index (χ0v) is 45.7. The van der Waals surface area contributed by atoms with Crippen LogP contribution >= 0.6 is 0 Å². The summed E-state index contributed by atoms with van der Waals surface area (Å²) >= 11 is 0. The summed E-state index contributed by atoms with van der Waals surface area (Å²) in [6.07, 6.45) is 81.5. The summed E-state index contributed by atoms with van der Waals surface area (Å²) in [5.74, 6) is -1.02. The lowest BCUT2D eigenvalue weighted by atomic mass is 10.1. The first-order valence-electron chi connectivity index (χ1n) is 28.8. The van der Waals surface area contributed by atoms with Gasteiger partial charge in [-0.2, -0.15) is 0 Å². The standard InChI is InChI=1S/C65H104O6/c1-4-7-10-13-16-19-22-25-28-31-32-35-37-40-43-46-49-52-55-58-64(67)70-61-62(71-65(68)59-56-53-50-47-44-41-38-34-30-27-24-21-18-15-12-9-6-3)60-69-63(66)57-54-51-48-45-42-39-36-33-29-26-23-20-17-14-11-8-5-2/h9,12,15-16,18-19,21-22,24-27,29-30,34,36,38-39,41,44-45,48,62H,4-8,10-11,13-14,17,20,23,28,31-33,35,37,40,42-43,46-47,49-61H2,1-3H3/b12-9-,18-15-,19-16-,24-21-,25-22-,29-26-,30-27-,38-34+,39-36-,44-41-,48-45-. The van der Waals surface area contributed by atoms with E-state index in [0.29, 0.717) is 19.3 Å². The number of esters is 3. The number of hydrogen-bond acceptors (Lipinski definition) is 6. The Morgan fingerprint density at radius 2 is 0.620 bits per heavy atom. The summed E-state index contributed by atoms with van der Waals surface area (Å²) in [6.45, 7) is 6.37. The molecule has 0 N–H and O–H groups in total. The van der Waals surface area contributed by atoms with E-state index in [4.69, 9.17) is 14.2 Å². The third-order valence-electron chi connectivity index (χ3n) is 11.8. The Bertz CT molecular complexity index is 1550. The van der Waals surface area contributed by atoms with Crippen LogP contribution in [0.5, 0.6) is 0 Å². The molecule has 0 saturated heterocycles. The molecule has 0 fully saturated rings. The van der Waals surface area contributed by atoms with Crippen LogP contribution in [0.1, 0.15) is 239 Å². The van der Waals surface area contributed by atoms with Crippen molar-refractivity contribution in [1.82, 2.24) is 0 Å². The van der Waals surface area contributed by atoms with Crippen LogP contribution in [0.25, 0.3) is 0 Å². The summed E-state index contributed by atoms with van der Waals surface area (Å²) in [4.78, 5) is 38.2. The molecule has 1 atom stereocenters. The molecule has 6 heteroatoms. The van der Waals surface area contributed by atoms with Crippen molar-refractivity contribution in [3.63, 3.8) is 0 Å². The second kappa shape index (κ2) is 58.1. The quantitative estimate of drug-likeness (QED) is 0.0199. The van der Waals surface area contributed by atoms with Crippen molar-refractivity contribution >= 4 is 17.9 Å². The van der Waals surface area contributed by atoms with E-state index in [-0.39, 0.29) is 44.0 Å². The molecule has 0 aromatic heterocycles. The fraction of sp³-hybridized carbons (Fsp3) is 0.615. The van der Waals surface area contributed by atoms with Gasteiger partial charge in [-0.25, -0.2) is 0 Å². The van der Waals surface area contributed by atoms with Crippen molar-refractivity contribution in [2.75, 3.05) is 13.2 Å². The minimum Gasteiger partial charge on any atom is -0.462 e. The highest BCUT2D eigenvalue weighted by molar-refractivity contribution is 5.71. The number of unbranched alkanes of at least 4 members (excludes halogenated alkanes) is 23. The Balaban J connectivity index is 4.56. The number of allylic oxidation sites excluding steroid dienone is 22. The van der Waals surface area contributed by atoms with Gasteiger partial charge in [-0.05, 0) is 96.3 Å². The first-order valence-corrected chi connectivity index (χ1v) is 28.8. The van der Waals surface area contributed by atoms with E-state index >= 15 is 0 Å². The number of rotatable bonds is 50. The second-order valence-corrected chi connectivity index (χ2v) is 18.6. The molecule has 0 spiro atoms. The SMILES string of the molecule is CC\C=C/C=C\C=C/C=C\C=C\C=C/CCCCCC(=O)OC(COC(=O)CCC/C=C\C/C=C\C/C=C\CCCCCCCC)COC(=O)CCCCCCCCCCCC/C=C\C=C/CCCCC. The van der Waals surface area contributed by atoms with Gasteiger partial charge in [-0.3, -0.25) is 14.4 Å². The fourth-order valence-electron chi connectivity index (χ4n) is 7.48. The van der Waals surface area contributed by atoms with Crippen LogP contribution in [-0.4, -0.2) is 37.2 Å². The van der Waals surface area contributed by atoms with E-state index < -0.39 is 6.10 Å². The molecule has 0 radical (unpaired) electrons. The van der Waals surface area contributed by atoms with Gasteiger partial charge in [0.25, 0.3) is 0 Å². The minimum atomic E-state index is -0.829. The smallest absolute Gasteiger partial charge is 0.306 e. The van der Waals surface area contributed by atoms with Gasteiger partial charge in [0, 0.05) is 19.3 Å². The zero-order chi connectivity index (χ0) is 51.4. The summed E-state index contributed by atoms with van der Waals surface area (Å²) in [5, 5.41) is 0. The molecule has 0 aliphatic carbocycles. The first-order chi connectivity index (χ1) is 35.0. The van der Waals surface area contributed by atoms with E-state index in [9.17, 15) is 14.4 Å². The number of carbonyl (C=O) groups is 3. The average molecular weight is 982 g/mol. The van der Waals surface area contributed by atoms with Crippen molar-refractivity contribution in [3.8, 4) is 0 Å². The third-order valence-corrected chi connectivity index (χ3v) is 11.8. The molecular formula is C65H104O6. The molecule has 0 heterocycles. The highest BCUT2D eigenvalue weighted by Crippen LogP contribution is 2.14. The van der Waals surface area contributed by atoms with Crippen molar-refractivity contribution in [3.05, 3.63) is 134 Å². The molecule has 0 amide bonds. The maximum atomic E-state index is 12.8. The predicted molar refractivity (Wildman–Crippen MR) is 306 cm³/mol. The summed E-state index contributed by atoms with van der Waals surface area (Å²) in [7, 11) is 0. The molecule has 6 nitrogen and oxygen atoms in total. The molecule has 0 aliphatic heterocycles. The lowest BCUT2D eigenvalue weighted by Gasteiger charge is -2.18. The van der Waals surface area contributed by atoms with Crippen LogP contribution in [0, 0.1) is 0 Å². The Morgan fingerprint density at radius 3 is 1.10 bits per heavy atom. The first kappa shape index (κ1) is 66.6. The largest absolute Gasteiger partial charge is 0.462 e. The van der Waals surface area contributed by atoms with E-state index in [2.05, 4.69) is 93.7 Å². The maximum absolute atomic E-state index is 12.8. The Kier molecular flexibility index (Phi) is 54.5. The lowest BCUT2D eigenvalue weighted by Crippen LogP contribution is -2.30. The van der Waals surface area contributed by atoms with Crippen molar-refractivity contribution < 1.29 is 28.6 Å². The Labute approximate surface area is 436 Å². The van der Waals surface area contributed by atoms with Gasteiger partial charge >= 0.3 is 17.9 Å². The number of carbonyl (C=O) groups excluding carboxylic acids is 3. The molecule has 0 bridgehead atoms. The average Bonchev–Trinajstić information content (AvgIpc) is 3.37. The van der Waals surface area contributed by atoms with Crippen LogP contribution in [0.2, 0.25) is 0 Å². The lowest BCUT2D eigenvalue weighted by molar-refractivity contribution is -0.167. The van der Waals surface area contributed by atoms with Crippen molar-refractivity contribution in [2.45, 2.75) is 245 Å². The van der Waals surface area contributed by atoms with Gasteiger partial charge < -0.3 is 14.2 Å². The highest BCUT2D eigenvalue weighted by Gasteiger charge is 2.19. The predicted octanol–water partition coefficient (Wildman–Crippen LogP) is 19.4. The van der Waals surface area contributed by atoms with Gasteiger partial charge in [0.05, 0.1) is 0 Å². The molecule has 0 rings (SSSR count). The van der Waals surface area contributed by atoms with Crippen LogP contribution in [0.3, 0.4) is 0 Å².